The van der Waals surface area contributed by atoms with Crippen LogP contribution in [-0.2, 0) is 0 Å². The maximum atomic E-state index is 10.9. The molecule has 0 amide bonds. The highest BCUT2D eigenvalue weighted by atomic mass is 35.5. The Morgan fingerprint density at radius 1 is 1.37 bits per heavy atom. The number of nitrogens with one attached hydrogen (secondary N) is 1. The number of halogens is 1. The Bertz CT molecular complexity index is 680. The molecule has 2 aromatic rings. The monoisotopic (exact) mass is 273 g/mol. The Morgan fingerprint density at radius 3 is 2.84 bits per heavy atom. The van der Waals surface area contributed by atoms with Crippen molar-refractivity contribution >= 4 is 29.1 Å². The fourth-order valence-electron chi connectivity index (χ4n) is 1.48. The molecular weight excluding hydrogens is 266 g/mol. The fraction of sp³-hybridized carbons (Fsp3) is 0. The van der Waals surface area contributed by atoms with Gasteiger partial charge >= 0.3 is 5.97 Å². The minimum atomic E-state index is -1.19. The van der Waals surface area contributed by atoms with Crippen molar-refractivity contribution in [2.24, 2.45) is 0 Å². The molecule has 5 nitrogen and oxygen atoms in total. The molecule has 0 aliphatic carbocycles. The predicted molar refractivity (Wildman–Crippen MR) is 70.6 cm³/mol. The van der Waals surface area contributed by atoms with E-state index < -0.39 is 5.97 Å². The van der Waals surface area contributed by atoms with Gasteiger partial charge in [-0.1, -0.05) is 17.7 Å². The second-order valence-corrected chi connectivity index (χ2v) is 4.06. The van der Waals surface area contributed by atoms with Gasteiger partial charge in [-0.2, -0.15) is 5.26 Å². The van der Waals surface area contributed by atoms with Crippen LogP contribution in [0, 0.1) is 11.3 Å². The maximum Gasteiger partial charge on any atom is 0.356 e. The smallest absolute Gasteiger partial charge is 0.356 e. The largest absolute Gasteiger partial charge is 0.476 e. The zero-order valence-electron chi connectivity index (χ0n) is 9.59. The first kappa shape index (κ1) is 12.9. The third-order valence-corrected chi connectivity index (χ3v) is 2.62. The molecule has 1 aromatic carbocycles. The summed E-state index contributed by atoms with van der Waals surface area (Å²) >= 11 is 5.73. The lowest BCUT2D eigenvalue weighted by molar-refractivity contribution is 0.0691. The minimum Gasteiger partial charge on any atom is -0.476 e. The van der Waals surface area contributed by atoms with E-state index in [4.69, 9.17) is 22.0 Å². The summed E-state index contributed by atoms with van der Waals surface area (Å²) in [6.07, 6.45) is 0. The molecule has 1 aromatic heterocycles. The molecule has 2 rings (SSSR count). The van der Waals surface area contributed by atoms with E-state index in [-0.39, 0.29) is 10.7 Å². The molecule has 0 saturated heterocycles. The highest BCUT2D eigenvalue weighted by molar-refractivity contribution is 6.33. The van der Waals surface area contributed by atoms with E-state index in [1.165, 1.54) is 6.07 Å². The quantitative estimate of drug-likeness (QED) is 0.897. The van der Waals surface area contributed by atoms with Crippen molar-refractivity contribution in [2.75, 3.05) is 5.32 Å². The molecule has 0 radical (unpaired) electrons. The van der Waals surface area contributed by atoms with Crippen LogP contribution < -0.4 is 5.32 Å². The summed E-state index contributed by atoms with van der Waals surface area (Å²) in [5.41, 5.74) is 0.922. The standard InChI is InChI=1S/C13H8ClN3O2/c14-10-4-5-11(17-12(10)13(18)19)16-9-3-1-2-8(6-9)7-15/h1-6H,(H,16,17)(H,18,19). The Hall–Kier alpha value is -2.58. The SMILES string of the molecule is N#Cc1cccc(Nc2ccc(Cl)c(C(=O)O)n2)c1. The number of nitrogens with zero attached hydrogens (tertiary/aromatic N) is 2. The van der Waals surface area contributed by atoms with Crippen LogP contribution in [0.5, 0.6) is 0 Å². The Kier molecular flexibility index (Phi) is 3.64. The van der Waals surface area contributed by atoms with Crippen LogP contribution in [-0.4, -0.2) is 16.1 Å². The average Bonchev–Trinajstić information content (AvgIpc) is 2.41. The minimum absolute atomic E-state index is 0.0730. The lowest BCUT2D eigenvalue weighted by atomic mass is 10.2. The molecule has 0 fully saturated rings. The third-order valence-electron chi connectivity index (χ3n) is 2.31. The number of benzene rings is 1. The van der Waals surface area contributed by atoms with Crippen molar-refractivity contribution in [2.45, 2.75) is 0 Å². The molecule has 2 N–H and O–H groups in total. The number of aromatic nitrogens is 1. The number of aromatic carboxylic acids is 1. The van der Waals surface area contributed by atoms with Crippen LogP contribution in [0.1, 0.15) is 16.1 Å². The molecule has 0 atom stereocenters. The first-order chi connectivity index (χ1) is 9.10. The summed E-state index contributed by atoms with van der Waals surface area (Å²) in [5.74, 6) is -0.851. The van der Waals surface area contributed by atoms with Gasteiger partial charge in [-0.3, -0.25) is 0 Å². The number of hydrogen-bond donors (Lipinski definition) is 2. The van der Waals surface area contributed by atoms with E-state index in [1.54, 1.807) is 30.3 Å². The Morgan fingerprint density at radius 2 is 2.16 bits per heavy atom. The summed E-state index contributed by atoms with van der Waals surface area (Å²) in [6.45, 7) is 0. The summed E-state index contributed by atoms with van der Waals surface area (Å²) in [6, 6.07) is 11.8. The van der Waals surface area contributed by atoms with Crippen LogP contribution in [0.25, 0.3) is 0 Å². The van der Waals surface area contributed by atoms with E-state index >= 15 is 0 Å². The van der Waals surface area contributed by atoms with Gasteiger partial charge in [0.25, 0.3) is 0 Å². The molecule has 1 heterocycles. The van der Waals surface area contributed by atoms with Crippen LogP contribution in [0.3, 0.4) is 0 Å². The summed E-state index contributed by atoms with van der Waals surface area (Å²) in [4.78, 5) is 14.8. The molecule has 94 valence electrons. The second kappa shape index (κ2) is 5.38. The summed E-state index contributed by atoms with van der Waals surface area (Å²) in [7, 11) is 0. The fourth-order valence-corrected chi connectivity index (χ4v) is 1.66. The Balaban J connectivity index is 2.31. The van der Waals surface area contributed by atoms with Crippen molar-refractivity contribution in [3.63, 3.8) is 0 Å². The lowest BCUT2D eigenvalue weighted by Gasteiger charge is -2.07. The normalized spacial score (nSPS) is 9.68. The Labute approximate surface area is 114 Å². The molecule has 6 heteroatoms. The molecule has 0 aliphatic rings. The molecule has 19 heavy (non-hydrogen) atoms. The van der Waals surface area contributed by atoms with Gasteiger partial charge in [-0.25, -0.2) is 9.78 Å². The van der Waals surface area contributed by atoms with Gasteiger partial charge in [0, 0.05) is 5.69 Å². The van der Waals surface area contributed by atoms with E-state index in [0.29, 0.717) is 17.1 Å². The van der Waals surface area contributed by atoms with Gasteiger partial charge in [0.05, 0.1) is 16.7 Å². The van der Waals surface area contributed by atoms with Gasteiger partial charge in [0.15, 0.2) is 5.69 Å². The zero-order chi connectivity index (χ0) is 13.8. The summed E-state index contributed by atoms with van der Waals surface area (Å²) < 4.78 is 0. The van der Waals surface area contributed by atoms with Gasteiger partial charge < -0.3 is 10.4 Å². The molecule has 0 saturated carbocycles. The van der Waals surface area contributed by atoms with Crippen molar-refractivity contribution in [3.8, 4) is 6.07 Å². The second-order valence-electron chi connectivity index (χ2n) is 3.65. The van der Waals surface area contributed by atoms with Gasteiger partial charge in [0.2, 0.25) is 0 Å². The van der Waals surface area contributed by atoms with E-state index in [2.05, 4.69) is 10.3 Å². The average molecular weight is 274 g/mol. The van der Waals surface area contributed by atoms with Crippen molar-refractivity contribution in [3.05, 3.63) is 52.7 Å². The highest BCUT2D eigenvalue weighted by Crippen LogP contribution is 2.20. The van der Waals surface area contributed by atoms with Gasteiger partial charge in [-0.15, -0.1) is 0 Å². The third kappa shape index (κ3) is 3.00. The number of rotatable bonds is 3. The zero-order valence-corrected chi connectivity index (χ0v) is 10.3. The molecular formula is C13H8ClN3O2. The predicted octanol–water partition coefficient (Wildman–Crippen LogP) is 3.05. The van der Waals surface area contributed by atoms with Gasteiger partial charge in [0.1, 0.15) is 5.82 Å². The van der Waals surface area contributed by atoms with Crippen LogP contribution in [0.4, 0.5) is 11.5 Å². The van der Waals surface area contributed by atoms with E-state index in [9.17, 15) is 4.79 Å². The lowest BCUT2D eigenvalue weighted by Crippen LogP contribution is -2.04. The molecule has 0 spiro atoms. The number of anilines is 2. The van der Waals surface area contributed by atoms with Crippen molar-refractivity contribution in [1.82, 2.24) is 4.98 Å². The molecule has 0 bridgehead atoms. The van der Waals surface area contributed by atoms with Gasteiger partial charge in [-0.05, 0) is 30.3 Å². The van der Waals surface area contributed by atoms with E-state index in [1.807, 2.05) is 6.07 Å². The van der Waals surface area contributed by atoms with Crippen molar-refractivity contribution < 1.29 is 9.90 Å². The number of nitriles is 1. The number of pyridine rings is 1. The molecule has 0 aliphatic heterocycles. The number of hydrogen-bond acceptors (Lipinski definition) is 4. The van der Waals surface area contributed by atoms with Crippen molar-refractivity contribution in [1.29, 1.82) is 5.26 Å². The van der Waals surface area contributed by atoms with Crippen LogP contribution in [0.15, 0.2) is 36.4 Å². The first-order valence-electron chi connectivity index (χ1n) is 5.27. The topological polar surface area (TPSA) is 86.0 Å². The number of carboxylic acid groups (broad SMARTS) is 1. The highest BCUT2D eigenvalue weighted by Gasteiger charge is 2.11. The maximum absolute atomic E-state index is 10.9. The molecule has 0 unspecified atom stereocenters. The van der Waals surface area contributed by atoms with Crippen LogP contribution in [0.2, 0.25) is 5.02 Å². The van der Waals surface area contributed by atoms with Crippen LogP contribution >= 0.6 is 11.6 Å². The first-order valence-corrected chi connectivity index (χ1v) is 5.65. The number of carbonyl (C=O) groups is 1. The number of carboxylic acids is 1. The van der Waals surface area contributed by atoms with E-state index in [0.717, 1.165) is 0 Å². The summed E-state index contributed by atoms with van der Waals surface area (Å²) in [5, 5.41) is 20.7.